The molecule has 1 aromatic rings. The Bertz CT molecular complexity index is 591. The second-order valence-corrected chi connectivity index (χ2v) is 5.73. The number of hydrogen-bond donors (Lipinski definition) is 0. The first-order valence-corrected chi connectivity index (χ1v) is 6.22. The van der Waals surface area contributed by atoms with Gasteiger partial charge in [-0.25, -0.2) is 0 Å². The summed E-state index contributed by atoms with van der Waals surface area (Å²) in [5.41, 5.74) is -0.704. The highest BCUT2D eigenvalue weighted by Crippen LogP contribution is 2.36. The van der Waals surface area contributed by atoms with Crippen LogP contribution < -0.4 is 5.46 Å². The van der Waals surface area contributed by atoms with E-state index in [2.05, 4.69) is 0 Å². The standard InChI is InChI=1S/C13H15BN2O4/c1-12(2)13(3,4)20-14(19-12)10-6-5-9(8-15)11(7-10)16(17)18/h5-7H,1-4H3. The lowest BCUT2D eigenvalue weighted by molar-refractivity contribution is -0.385. The van der Waals surface area contributed by atoms with E-state index < -0.39 is 23.2 Å². The molecule has 1 fully saturated rings. The third-order valence-electron chi connectivity index (χ3n) is 3.86. The molecular formula is C13H15BN2O4. The Morgan fingerprint density at radius 1 is 1.25 bits per heavy atom. The zero-order chi connectivity index (χ0) is 15.1. The van der Waals surface area contributed by atoms with E-state index in [9.17, 15) is 10.1 Å². The van der Waals surface area contributed by atoms with E-state index in [0.29, 0.717) is 5.46 Å². The molecule has 20 heavy (non-hydrogen) atoms. The molecule has 104 valence electrons. The zero-order valence-corrected chi connectivity index (χ0v) is 11.8. The molecule has 0 amide bonds. The quantitative estimate of drug-likeness (QED) is 0.466. The molecule has 1 aliphatic heterocycles. The van der Waals surface area contributed by atoms with Crippen molar-refractivity contribution in [2.24, 2.45) is 0 Å². The highest BCUT2D eigenvalue weighted by molar-refractivity contribution is 6.62. The Labute approximate surface area is 117 Å². The first-order chi connectivity index (χ1) is 9.18. The predicted octanol–water partition coefficient (Wildman–Crippen LogP) is 1.77. The minimum atomic E-state index is -0.675. The van der Waals surface area contributed by atoms with Crippen LogP contribution in [0.2, 0.25) is 0 Å². The normalized spacial score (nSPS) is 19.6. The van der Waals surface area contributed by atoms with Gasteiger partial charge in [0.2, 0.25) is 0 Å². The van der Waals surface area contributed by atoms with Crippen molar-refractivity contribution >= 4 is 18.3 Å². The van der Waals surface area contributed by atoms with E-state index in [1.54, 1.807) is 12.1 Å². The zero-order valence-electron chi connectivity index (χ0n) is 11.8. The van der Waals surface area contributed by atoms with E-state index in [0.717, 1.165) is 0 Å². The summed E-state index contributed by atoms with van der Waals surface area (Å²) >= 11 is 0. The molecule has 1 aromatic carbocycles. The molecule has 0 saturated carbocycles. The Balaban J connectivity index is 2.39. The highest BCUT2D eigenvalue weighted by atomic mass is 16.7. The smallest absolute Gasteiger partial charge is 0.399 e. The number of nitro groups is 1. The lowest BCUT2D eigenvalue weighted by Crippen LogP contribution is -2.41. The molecule has 0 radical (unpaired) electrons. The van der Waals surface area contributed by atoms with Crippen molar-refractivity contribution in [1.29, 1.82) is 5.26 Å². The molecule has 0 N–H and O–H groups in total. The molecule has 1 saturated heterocycles. The van der Waals surface area contributed by atoms with Gasteiger partial charge in [0, 0.05) is 6.07 Å². The second kappa shape index (κ2) is 4.58. The Kier molecular flexibility index (Phi) is 3.32. The minimum Gasteiger partial charge on any atom is -0.399 e. The molecule has 1 heterocycles. The van der Waals surface area contributed by atoms with E-state index in [4.69, 9.17) is 14.6 Å². The summed E-state index contributed by atoms with van der Waals surface area (Å²) in [6, 6.07) is 6.17. The van der Waals surface area contributed by atoms with Crippen LogP contribution in [0, 0.1) is 21.4 Å². The van der Waals surface area contributed by atoms with Gasteiger partial charge in [0.1, 0.15) is 11.6 Å². The summed E-state index contributed by atoms with van der Waals surface area (Å²) in [6.45, 7) is 7.63. The van der Waals surface area contributed by atoms with E-state index in [1.165, 1.54) is 12.1 Å². The largest absolute Gasteiger partial charge is 0.495 e. The van der Waals surface area contributed by atoms with Crippen LogP contribution in [-0.2, 0) is 9.31 Å². The maximum Gasteiger partial charge on any atom is 0.495 e. The Morgan fingerprint density at radius 3 is 2.25 bits per heavy atom. The van der Waals surface area contributed by atoms with Gasteiger partial charge in [-0.1, -0.05) is 6.07 Å². The number of nitrogens with zero attached hydrogens (tertiary/aromatic N) is 2. The molecule has 0 aromatic heterocycles. The fraction of sp³-hybridized carbons (Fsp3) is 0.462. The van der Waals surface area contributed by atoms with Gasteiger partial charge in [-0.15, -0.1) is 0 Å². The summed E-state index contributed by atoms with van der Waals surface area (Å²) in [4.78, 5) is 10.4. The molecule has 6 nitrogen and oxygen atoms in total. The maximum absolute atomic E-state index is 11.0. The third kappa shape index (κ3) is 2.28. The van der Waals surface area contributed by atoms with Crippen molar-refractivity contribution in [3.8, 4) is 6.07 Å². The fourth-order valence-corrected chi connectivity index (χ4v) is 1.92. The minimum absolute atomic E-state index is 0.0234. The average molecular weight is 274 g/mol. The van der Waals surface area contributed by atoms with Crippen molar-refractivity contribution in [2.45, 2.75) is 38.9 Å². The van der Waals surface area contributed by atoms with Gasteiger partial charge in [-0.2, -0.15) is 5.26 Å². The van der Waals surface area contributed by atoms with Crippen LogP contribution in [0.1, 0.15) is 33.3 Å². The molecular weight excluding hydrogens is 259 g/mol. The summed E-state index contributed by atoms with van der Waals surface area (Å²) in [7, 11) is -0.675. The van der Waals surface area contributed by atoms with Crippen LogP contribution in [0.5, 0.6) is 0 Å². The molecule has 0 spiro atoms. The number of nitro benzene ring substituents is 1. The molecule has 1 aliphatic rings. The van der Waals surface area contributed by atoms with Gasteiger partial charge in [0.25, 0.3) is 5.69 Å². The van der Waals surface area contributed by atoms with Crippen molar-refractivity contribution in [1.82, 2.24) is 0 Å². The van der Waals surface area contributed by atoms with Crippen LogP contribution in [-0.4, -0.2) is 23.2 Å². The van der Waals surface area contributed by atoms with E-state index in [1.807, 2.05) is 27.7 Å². The average Bonchev–Trinajstić information content (AvgIpc) is 2.57. The van der Waals surface area contributed by atoms with Gasteiger partial charge >= 0.3 is 7.12 Å². The topological polar surface area (TPSA) is 85.4 Å². The van der Waals surface area contributed by atoms with Crippen LogP contribution in [0.4, 0.5) is 5.69 Å². The SMILES string of the molecule is CC1(C)OB(c2ccc(C#N)c([N+](=O)[O-])c2)OC1(C)C. The van der Waals surface area contributed by atoms with Crippen molar-refractivity contribution in [3.63, 3.8) is 0 Å². The summed E-state index contributed by atoms with van der Waals surface area (Å²) < 4.78 is 11.7. The molecule has 0 atom stereocenters. The molecule has 0 bridgehead atoms. The van der Waals surface area contributed by atoms with E-state index in [-0.39, 0.29) is 11.3 Å². The van der Waals surface area contributed by atoms with Gasteiger partial charge < -0.3 is 9.31 Å². The summed E-state index contributed by atoms with van der Waals surface area (Å²) in [5.74, 6) is 0. The number of nitriles is 1. The van der Waals surface area contributed by atoms with Gasteiger partial charge in [-0.3, -0.25) is 10.1 Å². The molecule has 2 rings (SSSR count). The van der Waals surface area contributed by atoms with Crippen LogP contribution >= 0.6 is 0 Å². The lowest BCUT2D eigenvalue weighted by Gasteiger charge is -2.32. The first-order valence-electron chi connectivity index (χ1n) is 6.22. The van der Waals surface area contributed by atoms with E-state index >= 15 is 0 Å². The first kappa shape index (κ1) is 14.5. The van der Waals surface area contributed by atoms with Crippen LogP contribution in [0.15, 0.2) is 18.2 Å². The fourth-order valence-electron chi connectivity index (χ4n) is 1.92. The molecule has 0 aliphatic carbocycles. The Hall–Kier alpha value is -1.91. The predicted molar refractivity (Wildman–Crippen MR) is 73.5 cm³/mol. The van der Waals surface area contributed by atoms with Crippen LogP contribution in [0.25, 0.3) is 0 Å². The van der Waals surface area contributed by atoms with Crippen molar-refractivity contribution in [3.05, 3.63) is 33.9 Å². The lowest BCUT2D eigenvalue weighted by atomic mass is 9.78. The number of benzene rings is 1. The summed E-state index contributed by atoms with van der Waals surface area (Å²) in [6.07, 6.45) is 0. The maximum atomic E-state index is 11.0. The van der Waals surface area contributed by atoms with Gasteiger partial charge in [-0.05, 0) is 39.2 Å². The third-order valence-corrected chi connectivity index (χ3v) is 3.86. The van der Waals surface area contributed by atoms with Crippen LogP contribution in [0.3, 0.4) is 0 Å². The van der Waals surface area contributed by atoms with Crippen molar-refractivity contribution < 1.29 is 14.2 Å². The monoisotopic (exact) mass is 274 g/mol. The number of rotatable bonds is 2. The van der Waals surface area contributed by atoms with Crippen molar-refractivity contribution in [2.75, 3.05) is 0 Å². The Morgan fingerprint density at radius 2 is 1.80 bits per heavy atom. The number of hydrogen-bond acceptors (Lipinski definition) is 5. The molecule has 7 heteroatoms. The second-order valence-electron chi connectivity index (χ2n) is 5.73. The van der Waals surface area contributed by atoms with Gasteiger partial charge in [0.15, 0.2) is 0 Å². The highest BCUT2D eigenvalue weighted by Gasteiger charge is 2.51. The molecule has 0 unspecified atom stereocenters. The van der Waals surface area contributed by atoms with Gasteiger partial charge in [0.05, 0.1) is 16.1 Å². The summed E-state index contributed by atoms with van der Waals surface area (Å²) in [5, 5.41) is 19.8.